The molecule has 0 spiro atoms. The predicted molar refractivity (Wildman–Crippen MR) is 309 cm³/mol. The monoisotopic (exact) mass is 1030 g/mol. The number of amides is 1. The Morgan fingerprint density at radius 2 is 0.822 bits per heavy atom. The highest BCUT2D eigenvalue weighted by Crippen LogP contribution is 2.23. The van der Waals surface area contributed by atoms with Crippen molar-refractivity contribution in [1.29, 1.82) is 0 Å². The van der Waals surface area contributed by atoms with Gasteiger partial charge in [-0.3, -0.25) is 4.79 Å². The zero-order valence-corrected chi connectivity index (χ0v) is 47.4. The maximum Gasteiger partial charge on any atom is 0.220 e. The van der Waals surface area contributed by atoms with Gasteiger partial charge in [0, 0.05) is 6.42 Å². The van der Waals surface area contributed by atoms with Crippen molar-refractivity contribution in [2.75, 3.05) is 13.2 Å². The average Bonchev–Trinajstić information content (AvgIpc) is 3.39. The molecule has 1 heterocycles. The first-order valence-corrected chi connectivity index (χ1v) is 31.0. The van der Waals surface area contributed by atoms with Crippen molar-refractivity contribution >= 4 is 5.91 Å². The van der Waals surface area contributed by atoms with Crippen LogP contribution in [0.1, 0.15) is 284 Å². The second kappa shape index (κ2) is 53.3. The van der Waals surface area contributed by atoms with Gasteiger partial charge in [0.1, 0.15) is 24.4 Å². The number of hydrogen-bond acceptors (Lipinski definition) is 8. The van der Waals surface area contributed by atoms with Crippen molar-refractivity contribution in [2.45, 2.75) is 326 Å². The largest absolute Gasteiger partial charge is 0.394 e. The molecule has 1 saturated heterocycles. The van der Waals surface area contributed by atoms with Gasteiger partial charge in [0.15, 0.2) is 6.29 Å². The van der Waals surface area contributed by atoms with Gasteiger partial charge in [0.2, 0.25) is 5.91 Å². The average molecular weight is 1030 g/mol. The van der Waals surface area contributed by atoms with E-state index in [-0.39, 0.29) is 12.5 Å². The van der Waals surface area contributed by atoms with Gasteiger partial charge < -0.3 is 40.3 Å². The highest BCUT2D eigenvalue weighted by molar-refractivity contribution is 5.76. The normalized spacial score (nSPS) is 19.5. The fraction of sp³-hybridized carbons (Fsp3) is 0.828. The van der Waals surface area contributed by atoms with Crippen LogP contribution in [0.2, 0.25) is 0 Å². The molecule has 0 aliphatic carbocycles. The molecule has 1 aliphatic heterocycles. The van der Waals surface area contributed by atoms with Gasteiger partial charge in [-0.15, -0.1) is 0 Å². The van der Waals surface area contributed by atoms with Crippen LogP contribution >= 0.6 is 0 Å². The number of rotatable bonds is 53. The Balaban J connectivity index is 2.23. The molecule has 1 rings (SSSR count). The third kappa shape index (κ3) is 42.7. The molecule has 426 valence electrons. The fourth-order valence-corrected chi connectivity index (χ4v) is 9.63. The van der Waals surface area contributed by atoms with Crippen molar-refractivity contribution in [1.82, 2.24) is 5.32 Å². The van der Waals surface area contributed by atoms with Gasteiger partial charge in [-0.2, -0.15) is 0 Å². The smallest absolute Gasteiger partial charge is 0.220 e. The first-order valence-electron chi connectivity index (χ1n) is 31.0. The van der Waals surface area contributed by atoms with Crippen molar-refractivity contribution < 1.29 is 39.8 Å². The van der Waals surface area contributed by atoms with Gasteiger partial charge in [0.05, 0.1) is 25.4 Å². The molecule has 0 saturated carbocycles. The summed E-state index contributed by atoms with van der Waals surface area (Å²) in [4.78, 5) is 13.1. The molecule has 0 radical (unpaired) electrons. The Morgan fingerprint density at radius 1 is 0.466 bits per heavy atom. The molecule has 1 fully saturated rings. The molecular formula is C64H117NO8. The number of allylic oxidation sites excluding steroid dienone is 9. The van der Waals surface area contributed by atoms with Crippen molar-refractivity contribution in [2.24, 2.45) is 0 Å². The van der Waals surface area contributed by atoms with E-state index < -0.39 is 49.5 Å². The SMILES string of the molecule is CCCCCCCCCCC/C=C\C/C=C\CCCCCCCCCCCCCC(=O)NC(COC1OC(CO)C(O)C(O)C1O)C(O)/C=C/CC/C=C/CC/C=C/CCCCCCCCCCCCCCC. The number of aliphatic hydroxyl groups is 5. The minimum Gasteiger partial charge on any atom is -0.394 e. The molecular weight excluding hydrogens is 911 g/mol. The van der Waals surface area contributed by atoms with Crippen LogP contribution in [-0.2, 0) is 14.3 Å². The van der Waals surface area contributed by atoms with E-state index in [4.69, 9.17) is 9.47 Å². The predicted octanol–water partition coefficient (Wildman–Crippen LogP) is 15.9. The number of carbonyl (C=O) groups excluding carboxylic acids is 1. The summed E-state index contributed by atoms with van der Waals surface area (Å²) in [5, 5.41) is 54.6. The van der Waals surface area contributed by atoms with Crippen LogP contribution in [0, 0.1) is 0 Å². The summed E-state index contributed by atoms with van der Waals surface area (Å²) >= 11 is 0. The number of hydrogen-bond donors (Lipinski definition) is 6. The van der Waals surface area contributed by atoms with Gasteiger partial charge >= 0.3 is 0 Å². The van der Waals surface area contributed by atoms with E-state index in [1.165, 1.54) is 212 Å². The second-order valence-electron chi connectivity index (χ2n) is 21.5. The lowest BCUT2D eigenvalue weighted by Gasteiger charge is -2.40. The summed E-state index contributed by atoms with van der Waals surface area (Å²) < 4.78 is 11.3. The molecule has 0 aromatic heterocycles. The number of nitrogens with one attached hydrogen (secondary N) is 1. The van der Waals surface area contributed by atoms with Crippen LogP contribution in [0.3, 0.4) is 0 Å². The molecule has 7 unspecified atom stereocenters. The molecule has 0 aromatic rings. The lowest BCUT2D eigenvalue weighted by Crippen LogP contribution is -2.60. The third-order valence-electron chi connectivity index (χ3n) is 14.5. The first kappa shape index (κ1) is 68.9. The first-order chi connectivity index (χ1) is 35.8. The van der Waals surface area contributed by atoms with Crippen molar-refractivity contribution in [3.05, 3.63) is 60.8 Å². The lowest BCUT2D eigenvalue weighted by atomic mass is 9.99. The van der Waals surface area contributed by atoms with E-state index in [1.54, 1.807) is 6.08 Å². The fourth-order valence-electron chi connectivity index (χ4n) is 9.63. The van der Waals surface area contributed by atoms with E-state index in [2.05, 4.69) is 67.8 Å². The van der Waals surface area contributed by atoms with Crippen molar-refractivity contribution in [3.8, 4) is 0 Å². The number of carbonyl (C=O) groups is 1. The number of aliphatic hydroxyl groups excluding tert-OH is 5. The van der Waals surface area contributed by atoms with Crippen LogP contribution < -0.4 is 5.32 Å². The lowest BCUT2D eigenvalue weighted by molar-refractivity contribution is -0.302. The van der Waals surface area contributed by atoms with E-state index in [9.17, 15) is 30.3 Å². The molecule has 7 atom stereocenters. The van der Waals surface area contributed by atoms with E-state index in [0.29, 0.717) is 6.42 Å². The number of ether oxygens (including phenoxy) is 2. The minimum atomic E-state index is -1.58. The van der Waals surface area contributed by atoms with Crippen LogP contribution in [0.5, 0.6) is 0 Å². The topological polar surface area (TPSA) is 149 Å². The zero-order valence-electron chi connectivity index (χ0n) is 47.4. The van der Waals surface area contributed by atoms with E-state index >= 15 is 0 Å². The Hall–Kier alpha value is -2.11. The molecule has 1 amide bonds. The summed E-state index contributed by atoms with van der Waals surface area (Å²) in [6.07, 6.45) is 65.8. The van der Waals surface area contributed by atoms with Gasteiger partial charge in [0.25, 0.3) is 0 Å². The molecule has 73 heavy (non-hydrogen) atoms. The molecule has 6 N–H and O–H groups in total. The Labute approximate surface area is 449 Å². The summed E-state index contributed by atoms with van der Waals surface area (Å²) in [6.45, 7) is 3.78. The van der Waals surface area contributed by atoms with Crippen LogP contribution in [0.25, 0.3) is 0 Å². The maximum absolute atomic E-state index is 13.1. The number of unbranched alkanes of at least 4 members (excludes halogenated alkanes) is 35. The van der Waals surface area contributed by atoms with E-state index in [1.807, 2.05) is 6.08 Å². The molecule has 0 aromatic carbocycles. The minimum absolute atomic E-state index is 0.192. The Morgan fingerprint density at radius 3 is 1.23 bits per heavy atom. The standard InChI is InChI=1S/C64H117NO8/c1-3-5-7-9-11-13-15-17-19-21-23-25-27-28-29-30-32-34-36-38-40-42-44-46-48-50-52-54-60(68)65-57(56-72-64-63(71)62(70)61(69)59(55-66)73-64)58(67)53-51-49-47-45-43-41-39-37-35-33-31-26-24-22-20-18-16-14-12-10-8-6-4-2/h23,25,28-29,35,37,43,45,51,53,57-59,61-64,66-67,69-71H,3-22,24,26-27,30-34,36,38-42,44,46-50,52,54-56H2,1-2H3,(H,65,68)/b25-23-,29-28-,37-35+,45-43+,53-51+. The van der Waals surface area contributed by atoms with Gasteiger partial charge in [-0.1, -0.05) is 261 Å². The molecule has 0 bridgehead atoms. The Kier molecular flexibility index (Phi) is 50.3. The highest BCUT2D eigenvalue weighted by atomic mass is 16.7. The van der Waals surface area contributed by atoms with Gasteiger partial charge in [-0.05, 0) is 77.0 Å². The molecule has 1 aliphatic rings. The molecule has 9 nitrogen and oxygen atoms in total. The maximum atomic E-state index is 13.1. The van der Waals surface area contributed by atoms with E-state index in [0.717, 1.165) is 51.4 Å². The third-order valence-corrected chi connectivity index (χ3v) is 14.5. The summed E-state index contributed by atoms with van der Waals surface area (Å²) in [7, 11) is 0. The second-order valence-corrected chi connectivity index (χ2v) is 21.5. The zero-order chi connectivity index (χ0) is 52.9. The quantitative estimate of drug-likeness (QED) is 0.0261. The Bertz CT molecular complexity index is 1330. The summed E-state index contributed by atoms with van der Waals surface area (Å²) in [5.41, 5.74) is 0. The van der Waals surface area contributed by atoms with Crippen LogP contribution in [-0.4, -0.2) is 87.5 Å². The van der Waals surface area contributed by atoms with Gasteiger partial charge in [-0.25, -0.2) is 0 Å². The van der Waals surface area contributed by atoms with Crippen LogP contribution in [0.15, 0.2) is 60.8 Å². The summed E-state index contributed by atoms with van der Waals surface area (Å²) in [6, 6.07) is -0.832. The van der Waals surface area contributed by atoms with Crippen molar-refractivity contribution in [3.63, 3.8) is 0 Å². The van der Waals surface area contributed by atoms with Crippen LogP contribution in [0.4, 0.5) is 0 Å². The highest BCUT2D eigenvalue weighted by Gasteiger charge is 2.44. The summed E-state index contributed by atoms with van der Waals surface area (Å²) in [5.74, 6) is -0.192. The molecule has 9 heteroatoms.